The Morgan fingerprint density at radius 1 is 1.59 bits per heavy atom. The minimum absolute atomic E-state index is 0.150. The molecule has 0 amide bonds. The average Bonchev–Trinajstić information content (AvgIpc) is 2.59. The lowest BCUT2D eigenvalue weighted by Gasteiger charge is -2.02. The summed E-state index contributed by atoms with van der Waals surface area (Å²) in [4.78, 5) is 16.0. The molecule has 2 heterocycles. The number of nitrogens with zero attached hydrogens (tertiary/aromatic N) is 2. The molecule has 0 bridgehead atoms. The van der Waals surface area contributed by atoms with Gasteiger partial charge in [-0.05, 0) is 34.5 Å². The molecule has 1 N–H and O–H groups in total. The Hall–Kier alpha value is -1.07. The van der Waals surface area contributed by atoms with Crippen LogP contribution in [0.15, 0.2) is 27.6 Å². The largest absolute Gasteiger partial charge is 0.294 e. The van der Waals surface area contributed by atoms with Gasteiger partial charge in [0.15, 0.2) is 5.15 Å². The van der Waals surface area contributed by atoms with E-state index in [2.05, 4.69) is 32.9 Å². The van der Waals surface area contributed by atoms with Gasteiger partial charge in [-0.3, -0.25) is 9.89 Å². The van der Waals surface area contributed by atoms with Gasteiger partial charge < -0.3 is 0 Å². The van der Waals surface area contributed by atoms with Crippen LogP contribution in [0.1, 0.15) is 19.0 Å². The zero-order valence-corrected chi connectivity index (χ0v) is 11.5. The van der Waals surface area contributed by atoms with E-state index in [1.54, 1.807) is 18.3 Å². The highest BCUT2D eigenvalue weighted by Gasteiger charge is 2.14. The Balaban J connectivity index is 2.58. The van der Waals surface area contributed by atoms with E-state index in [0.717, 1.165) is 18.5 Å². The normalized spacial score (nSPS) is 10.8. The van der Waals surface area contributed by atoms with Crippen LogP contribution >= 0.6 is 27.5 Å². The molecule has 0 fully saturated rings. The molecule has 17 heavy (non-hydrogen) atoms. The average molecular weight is 317 g/mol. The number of halogens is 2. The third-order valence-corrected chi connectivity index (χ3v) is 3.49. The standard InChI is InChI=1S/C11H11BrClN3O/c1-2-4-7-9(12)11(17)16(15-7)8-5-3-6-14-10(8)13/h3,5-6,15H,2,4H2,1H3. The van der Waals surface area contributed by atoms with Crippen LogP contribution in [0.4, 0.5) is 0 Å². The number of aromatic amines is 1. The first-order valence-electron chi connectivity index (χ1n) is 5.25. The fourth-order valence-electron chi connectivity index (χ4n) is 1.59. The maximum Gasteiger partial charge on any atom is 0.285 e. The van der Waals surface area contributed by atoms with Crippen LogP contribution in [-0.4, -0.2) is 14.8 Å². The number of aryl methyl sites for hydroxylation is 1. The maximum atomic E-state index is 12.0. The summed E-state index contributed by atoms with van der Waals surface area (Å²) in [6.07, 6.45) is 3.35. The highest BCUT2D eigenvalue weighted by molar-refractivity contribution is 9.10. The first-order chi connectivity index (χ1) is 8.15. The minimum Gasteiger partial charge on any atom is -0.294 e. The van der Waals surface area contributed by atoms with Crippen molar-refractivity contribution >= 4 is 27.5 Å². The summed E-state index contributed by atoms with van der Waals surface area (Å²) in [6, 6.07) is 3.48. The summed E-state index contributed by atoms with van der Waals surface area (Å²) in [5.41, 5.74) is 1.28. The van der Waals surface area contributed by atoms with Crippen molar-refractivity contribution in [2.24, 2.45) is 0 Å². The highest BCUT2D eigenvalue weighted by Crippen LogP contribution is 2.18. The van der Waals surface area contributed by atoms with E-state index in [9.17, 15) is 4.79 Å². The predicted octanol–water partition coefficient (Wildman–Crippen LogP) is 2.93. The fraction of sp³-hybridized carbons (Fsp3) is 0.273. The van der Waals surface area contributed by atoms with E-state index < -0.39 is 0 Å². The molecular formula is C11H11BrClN3O. The second-order valence-electron chi connectivity index (χ2n) is 3.61. The molecule has 90 valence electrons. The Kier molecular flexibility index (Phi) is 3.69. The highest BCUT2D eigenvalue weighted by atomic mass is 79.9. The second kappa shape index (κ2) is 5.06. The van der Waals surface area contributed by atoms with Crippen molar-refractivity contribution in [3.63, 3.8) is 0 Å². The fourth-order valence-corrected chi connectivity index (χ4v) is 2.26. The Morgan fingerprint density at radius 3 is 3.00 bits per heavy atom. The summed E-state index contributed by atoms with van der Waals surface area (Å²) < 4.78 is 1.96. The maximum absolute atomic E-state index is 12.0. The Bertz CT molecular complexity index is 591. The van der Waals surface area contributed by atoms with Crippen molar-refractivity contribution in [1.29, 1.82) is 0 Å². The lowest BCUT2D eigenvalue weighted by atomic mass is 10.3. The molecule has 0 spiro atoms. The Morgan fingerprint density at radius 2 is 2.35 bits per heavy atom. The lowest BCUT2D eigenvalue weighted by Crippen LogP contribution is -2.15. The molecule has 4 nitrogen and oxygen atoms in total. The van der Waals surface area contributed by atoms with Crippen molar-refractivity contribution in [3.8, 4) is 5.69 Å². The second-order valence-corrected chi connectivity index (χ2v) is 4.76. The van der Waals surface area contributed by atoms with Gasteiger partial charge in [0.05, 0.1) is 5.69 Å². The van der Waals surface area contributed by atoms with Crippen LogP contribution in [0.25, 0.3) is 5.69 Å². The van der Waals surface area contributed by atoms with Gasteiger partial charge in [0.2, 0.25) is 0 Å². The molecule has 2 rings (SSSR count). The van der Waals surface area contributed by atoms with E-state index in [1.165, 1.54) is 4.68 Å². The number of nitrogens with one attached hydrogen (secondary N) is 1. The predicted molar refractivity (Wildman–Crippen MR) is 70.9 cm³/mol. The molecule has 0 aromatic carbocycles. The minimum atomic E-state index is -0.150. The van der Waals surface area contributed by atoms with Crippen LogP contribution in [-0.2, 0) is 6.42 Å². The summed E-state index contributed by atoms with van der Waals surface area (Å²) in [5, 5.41) is 3.34. The summed E-state index contributed by atoms with van der Waals surface area (Å²) >= 11 is 9.26. The number of rotatable bonds is 3. The lowest BCUT2D eigenvalue weighted by molar-refractivity contribution is 0.790. The van der Waals surface area contributed by atoms with E-state index in [0.29, 0.717) is 15.3 Å². The molecule has 2 aromatic heterocycles. The van der Waals surface area contributed by atoms with Crippen LogP contribution in [0, 0.1) is 0 Å². The number of aromatic nitrogens is 3. The van der Waals surface area contributed by atoms with E-state index in [4.69, 9.17) is 11.6 Å². The number of pyridine rings is 1. The molecule has 0 aliphatic carbocycles. The number of hydrogen-bond acceptors (Lipinski definition) is 2. The number of hydrogen-bond donors (Lipinski definition) is 1. The third kappa shape index (κ3) is 2.30. The Labute approximate surface area is 112 Å². The molecule has 0 unspecified atom stereocenters. The molecule has 0 atom stereocenters. The van der Waals surface area contributed by atoms with Crippen molar-refractivity contribution in [1.82, 2.24) is 14.8 Å². The van der Waals surface area contributed by atoms with Gasteiger partial charge in [0.1, 0.15) is 10.2 Å². The molecular weight excluding hydrogens is 305 g/mol. The van der Waals surface area contributed by atoms with Crippen molar-refractivity contribution in [2.45, 2.75) is 19.8 Å². The quantitative estimate of drug-likeness (QED) is 0.885. The molecule has 0 radical (unpaired) electrons. The molecule has 0 aliphatic heterocycles. The van der Waals surface area contributed by atoms with Gasteiger partial charge in [-0.2, -0.15) is 0 Å². The zero-order chi connectivity index (χ0) is 12.4. The van der Waals surface area contributed by atoms with Crippen molar-refractivity contribution in [2.75, 3.05) is 0 Å². The van der Waals surface area contributed by atoms with E-state index in [-0.39, 0.29) is 5.56 Å². The first-order valence-corrected chi connectivity index (χ1v) is 6.42. The first kappa shape index (κ1) is 12.4. The van der Waals surface area contributed by atoms with Crippen LogP contribution < -0.4 is 5.56 Å². The van der Waals surface area contributed by atoms with Crippen molar-refractivity contribution in [3.05, 3.63) is 44.0 Å². The van der Waals surface area contributed by atoms with Crippen LogP contribution in [0.2, 0.25) is 5.15 Å². The van der Waals surface area contributed by atoms with Gasteiger partial charge >= 0.3 is 0 Å². The van der Waals surface area contributed by atoms with Crippen molar-refractivity contribution < 1.29 is 0 Å². The summed E-state index contributed by atoms with van der Waals surface area (Å²) in [5.74, 6) is 0. The number of H-pyrrole nitrogens is 1. The van der Waals surface area contributed by atoms with E-state index in [1.807, 2.05) is 0 Å². The van der Waals surface area contributed by atoms with Crippen LogP contribution in [0.5, 0.6) is 0 Å². The van der Waals surface area contributed by atoms with Gasteiger partial charge in [-0.25, -0.2) is 9.67 Å². The molecule has 0 aliphatic rings. The van der Waals surface area contributed by atoms with Gasteiger partial charge in [0, 0.05) is 6.20 Å². The summed E-state index contributed by atoms with van der Waals surface area (Å²) in [7, 11) is 0. The third-order valence-electron chi connectivity index (χ3n) is 2.38. The van der Waals surface area contributed by atoms with Gasteiger partial charge in [-0.15, -0.1) is 0 Å². The molecule has 0 saturated heterocycles. The summed E-state index contributed by atoms with van der Waals surface area (Å²) in [6.45, 7) is 2.05. The smallest absolute Gasteiger partial charge is 0.285 e. The SMILES string of the molecule is CCCc1[nH]n(-c2cccnc2Cl)c(=O)c1Br. The van der Waals surface area contributed by atoms with E-state index >= 15 is 0 Å². The van der Waals surface area contributed by atoms with Gasteiger partial charge in [-0.1, -0.05) is 24.9 Å². The zero-order valence-electron chi connectivity index (χ0n) is 9.20. The monoisotopic (exact) mass is 315 g/mol. The molecule has 6 heteroatoms. The topological polar surface area (TPSA) is 50.7 Å². The molecule has 2 aromatic rings. The van der Waals surface area contributed by atoms with Crippen LogP contribution in [0.3, 0.4) is 0 Å². The van der Waals surface area contributed by atoms with Gasteiger partial charge in [0.25, 0.3) is 5.56 Å². The molecule has 0 saturated carbocycles.